The number of amides is 1. The minimum Gasteiger partial charge on any atom is -0.481 e. The fraction of sp³-hybridized carbons (Fsp3) is 0.476. The van der Waals surface area contributed by atoms with Gasteiger partial charge in [-0.05, 0) is 63.1 Å². The van der Waals surface area contributed by atoms with E-state index < -0.39 is 18.1 Å². The molecule has 2 aromatic rings. The first-order chi connectivity index (χ1) is 13.5. The monoisotopic (exact) mass is 385 g/mol. The Balaban J connectivity index is 1.57. The SMILES string of the molecule is C[C@@H](Oc1ccc2c3c(c(=O)oc2c1)CCCC3)C(=O)N1CCC[C@@H]1C(=O)O. The molecule has 7 heteroatoms. The van der Waals surface area contributed by atoms with Crippen molar-refractivity contribution in [1.29, 1.82) is 0 Å². The van der Waals surface area contributed by atoms with E-state index in [9.17, 15) is 19.5 Å². The van der Waals surface area contributed by atoms with E-state index in [-0.39, 0.29) is 11.5 Å². The third kappa shape index (κ3) is 3.25. The maximum atomic E-state index is 12.6. The summed E-state index contributed by atoms with van der Waals surface area (Å²) < 4.78 is 11.2. The lowest BCUT2D eigenvalue weighted by Gasteiger charge is -2.25. The van der Waals surface area contributed by atoms with Gasteiger partial charge in [0, 0.05) is 23.6 Å². The molecular formula is C21H23NO6. The zero-order chi connectivity index (χ0) is 19.8. The maximum Gasteiger partial charge on any atom is 0.339 e. The predicted octanol–water partition coefficient (Wildman–Crippen LogP) is 2.51. The van der Waals surface area contributed by atoms with Crippen LogP contribution in [0.5, 0.6) is 5.75 Å². The second kappa shape index (κ2) is 7.30. The van der Waals surface area contributed by atoms with E-state index in [1.54, 1.807) is 19.1 Å². The Morgan fingerprint density at radius 1 is 1.21 bits per heavy atom. The molecule has 7 nitrogen and oxygen atoms in total. The van der Waals surface area contributed by atoms with Gasteiger partial charge in [0.05, 0.1) is 0 Å². The maximum absolute atomic E-state index is 12.6. The number of nitrogens with zero attached hydrogens (tertiary/aromatic N) is 1. The van der Waals surface area contributed by atoms with E-state index in [2.05, 4.69) is 0 Å². The smallest absolute Gasteiger partial charge is 0.339 e. The van der Waals surface area contributed by atoms with Crippen molar-refractivity contribution in [2.45, 2.75) is 57.6 Å². The summed E-state index contributed by atoms with van der Waals surface area (Å²) in [6, 6.07) is 4.47. The molecule has 1 aromatic carbocycles. The number of carbonyl (C=O) groups excluding carboxylic acids is 1. The number of aliphatic carboxylic acids is 1. The highest BCUT2D eigenvalue weighted by Gasteiger charge is 2.36. The van der Waals surface area contributed by atoms with Crippen LogP contribution in [0.2, 0.25) is 0 Å². The molecule has 2 atom stereocenters. The van der Waals surface area contributed by atoms with Crippen molar-refractivity contribution in [2.75, 3.05) is 6.54 Å². The lowest BCUT2D eigenvalue weighted by molar-refractivity contribution is -0.150. The number of hydrogen-bond acceptors (Lipinski definition) is 5. The van der Waals surface area contributed by atoms with Crippen LogP contribution in [0.25, 0.3) is 11.0 Å². The number of fused-ring (bicyclic) bond motifs is 3. The fourth-order valence-electron chi connectivity index (χ4n) is 4.27. The molecule has 2 aliphatic rings. The Morgan fingerprint density at radius 2 is 1.96 bits per heavy atom. The Kier molecular flexibility index (Phi) is 4.83. The summed E-state index contributed by atoms with van der Waals surface area (Å²) in [5.41, 5.74) is 1.97. The van der Waals surface area contributed by atoms with Crippen LogP contribution in [0.15, 0.2) is 27.4 Å². The average molecular weight is 385 g/mol. The summed E-state index contributed by atoms with van der Waals surface area (Å²) in [4.78, 5) is 37.6. The standard InChI is InChI=1S/C21H23NO6/c1-12(19(23)22-10-4-7-17(22)20(24)25)27-13-8-9-15-14-5-2-3-6-16(14)21(26)28-18(15)11-13/h8-9,11-12,17H,2-7,10H2,1H3,(H,24,25)/t12-,17-/m1/s1. The molecule has 4 rings (SSSR count). The van der Waals surface area contributed by atoms with Crippen molar-refractivity contribution in [3.05, 3.63) is 39.7 Å². The quantitative estimate of drug-likeness (QED) is 0.813. The van der Waals surface area contributed by atoms with Gasteiger partial charge in [0.25, 0.3) is 5.91 Å². The van der Waals surface area contributed by atoms with E-state index in [1.165, 1.54) is 4.90 Å². The number of carbonyl (C=O) groups is 2. The number of hydrogen-bond donors (Lipinski definition) is 1. The first-order valence-corrected chi connectivity index (χ1v) is 9.74. The number of benzene rings is 1. The lowest BCUT2D eigenvalue weighted by Crippen LogP contribution is -2.46. The number of carboxylic acid groups (broad SMARTS) is 1. The van der Waals surface area contributed by atoms with Crippen LogP contribution in [0.4, 0.5) is 0 Å². The van der Waals surface area contributed by atoms with E-state index in [1.807, 2.05) is 6.07 Å². The van der Waals surface area contributed by atoms with Crippen LogP contribution in [-0.2, 0) is 22.4 Å². The van der Waals surface area contributed by atoms with E-state index in [4.69, 9.17) is 9.15 Å². The molecule has 1 aliphatic heterocycles. The molecule has 1 saturated heterocycles. The predicted molar refractivity (Wildman–Crippen MR) is 102 cm³/mol. The van der Waals surface area contributed by atoms with Crippen molar-refractivity contribution in [3.8, 4) is 5.75 Å². The van der Waals surface area contributed by atoms with Crippen LogP contribution < -0.4 is 10.4 Å². The fourth-order valence-corrected chi connectivity index (χ4v) is 4.27. The Bertz CT molecular complexity index is 994. The van der Waals surface area contributed by atoms with Crippen LogP contribution >= 0.6 is 0 Å². The van der Waals surface area contributed by atoms with Crippen LogP contribution in [-0.4, -0.2) is 40.6 Å². The minimum atomic E-state index is -0.990. The second-order valence-corrected chi connectivity index (χ2v) is 7.50. The van der Waals surface area contributed by atoms with Gasteiger partial charge in [-0.3, -0.25) is 4.79 Å². The highest BCUT2D eigenvalue weighted by molar-refractivity contribution is 5.87. The molecule has 0 spiro atoms. The number of carboxylic acids is 1. The first-order valence-electron chi connectivity index (χ1n) is 9.74. The summed E-state index contributed by atoms with van der Waals surface area (Å²) in [6.07, 6.45) is 3.95. The molecule has 0 saturated carbocycles. The summed E-state index contributed by atoms with van der Waals surface area (Å²) in [6.45, 7) is 2.02. The Labute approximate surface area is 161 Å². The zero-order valence-corrected chi connectivity index (χ0v) is 15.8. The average Bonchev–Trinajstić information content (AvgIpc) is 3.17. The normalized spacial score (nSPS) is 20.0. The third-order valence-electron chi connectivity index (χ3n) is 5.68. The highest BCUT2D eigenvalue weighted by Crippen LogP contribution is 2.29. The number of aryl methyl sites for hydroxylation is 1. The van der Waals surface area contributed by atoms with Crippen molar-refractivity contribution in [3.63, 3.8) is 0 Å². The summed E-state index contributed by atoms with van der Waals surface area (Å²) >= 11 is 0. The molecule has 148 valence electrons. The topological polar surface area (TPSA) is 97.0 Å². The minimum absolute atomic E-state index is 0.301. The van der Waals surface area contributed by atoms with Gasteiger partial charge in [-0.1, -0.05) is 0 Å². The third-order valence-corrected chi connectivity index (χ3v) is 5.68. The van der Waals surface area contributed by atoms with Crippen LogP contribution in [0, 0.1) is 0 Å². The van der Waals surface area contributed by atoms with E-state index in [0.717, 1.165) is 42.2 Å². The Morgan fingerprint density at radius 3 is 2.71 bits per heavy atom. The van der Waals surface area contributed by atoms with Crippen LogP contribution in [0.3, 0.4) is 0 Å². The van der Waals surface area contributed by atoms with Gasteiger partial charge in [-0.2, -0.15) is 0 Å². The summed E-state index contributed by atoms with van der Waals surface area (Å²) in [5, 5.41) is 10.2. The number of ether oxygens (including phenoxy) is 1. The van der Waals surface area contributed by atoms with Crippen molar-refractivity contribution in [1.82, 2.24) is 4.90 Å². The largest absolute Gasteiger partial charge is 0.481 e. The van der Waals surface area contributed by atoms with Gasteiger partial charge in [0.1, 0.15) is 17.4 Å². The summed E-state index contributed by atoms with van der Waals surface area (Å²) in [5.74, 6) is -0.925. The zero-order valence-electron chi connectivity index (χ0n) is 15.8. The van der Waals surface area contributed by atoms with Gasteiger partial charge in [-0.25, -0.2) is 9.59 Å². The second-order valence-electron chi connectivity index (χ2n) is 7.50. The number of likely N-dealkylation sites (tertiary alicyclic amines) is 1. The van der Waals surface area contributed by atoms with E-state index >= 15 is 0 Å². The first kappa shape index (κ1) is 18.5. The molecule has 1 aromatic heterocycles. The molecule has 0 radical (unpaired) electrons. The van der Waals surface area contributed by atoms with Crippen molar-refractivity contribution in [2.24, 2.45) is 0 Å². The van der Waals surface area contributed by atoms with Gasteiger partial charge < -0.3 is 19.2 Å². The molecule has 28 heavy (non-hydrogen) atoms. The van der Waals surface area contributed by atoms with Crippen molar-refractivity contribution >= 4 is 22.8 Å². The summed E-state index contributed by atoms with van der Waals surface area (Å²) in [7, 11) is 0. The molecule has 1 amide bonds. The van der Waals surface area contributed by atoms with Crippen LogP contribution in [0.1, 0.15) is 43.7 Å². The highest BCUT2D eigenvalue weighted by atomic mass is 16.5. The van der Waals surface area contributed by atoms with Gasteiger partial charge in [-0.15, -0.1) is 0 Å². The molecule has 0 bridgehead atoms. The van der Waals surface area contributed by atoms with Gasteiger partial charge in [0.2, 0.25) is 0 Å². The van der Waals surface area contributed by atoms with Gasteiger partial charge >= 0.3 is 11.6 Å². The van der Waals surface area contributed by atoms with Gasteiger partial charge in [0.15, 0.2) is 6.10 Å². The molecule has 1 fully saturated rings. The molecule has 0 unspecified atom stereocenters. The lowest BCUT2D eigenvalue weighted by atomic mass is 9.91. The Hall–Kier alpha value is -2.83. The molecular weight excluding hydrogens is 362 g/mol. The molecule has 2 heterocycles. The van der Waals surface area contributed by atoms with Crippen molar-refractivity contribution < 1.29 is 23.8 Å². The molecule has 1 aliphatic carbocycles. The van der Waals surface area contributed by atoms with E-state index in [0.29, 0.717) is 30.7 Å². The molecule has 1 N–H and O–H groups in total. The number of rotatable bonds is 4.